The molecule has 1 unspecified atom stereocenters. The van der Waals surface area contributed by atoms with Gasteiger partial charge in [-0.2, -0.15) is 0 Å². The molecule has 1 fully saturated rings. The molecule has 1 aromatic rings. The van der Waals surface area contributed by atoms with Crippen molar-refractivity contribution in [3.63, 3.8) is 0 Å². The largest absolute Gasteiger partial charge is 0.373 e. The van der Waals surface area contributed by atoms with Gasteiger partial charge in [0.15, 0.2) is 0 Å². The van der Waals surface area contributed by atoms with Crippen molar-refractivity contribution in [3.8, 4) is 0 Å². The third-order valence-corrected chi connectivity index (χ3v) is 3.43. The molecule has 3 atom stereocenters. The normalized spacial score (nSPS) is 21.7. The lowest BCUT2D eigenvalue weighted by Crippen LogP contribution is -2.41. The summed E-state index contributed by atoms with van der Waals surface area (Å²) in [4.78, 5) is 22.6. The maximum absolute atomic E-state index is 11.6. The molecule has 2 rings (SSSR count). The highest BCUT2D eigenvalue weighted by molar-refractivity contribution is 6.04. The summed E-state index contributed by atoms with van der Waals surface area (Å²) in [6.07, 6.45) is -0.130. The van der Waals surface area contributed by atoms with Gasteiger partial charge in [-0.15, -0.1) is 0 Å². The zero-order chi connectivity index (χ0) is 13.8. The van der Waals surface area contributed by atoms with E-state index in [2.05, 4.69) is 10.6 Å². The van der Waals surface area contributed by atoms with Crippen molar-refractivity contribution in [1.82, 2.24) is 10.6 Å². The van der Waals surface area contributed by atoms with Gasteiger partial charge < -0.3 is 10.1 Å². The molecule has 19 heavy (non-hydrogen) atoms. The lowest BCUT2D eigenvalue weighted by molar-refractivity contribution is -0.122. The van der Waals surface area contributed by atoms with Crippen LogP contribution in [0, 0.1) is 5.92 Å². The van der Waals surface area contributed by atoms with E-state index in [9.17, 15) is 9.59 Å². The quantitative estimate of drug-likeness (QED) is 0.789. The highest BCUT2D eigenvalue weighted by atomic mass is 16.5. The Morgan fingerprint density at radius 1 is 1.21 bits per heavy atom. The molecule has 1 saturated heterocycles. The van der Waals surface area contributed by atoms with E-state index in [1.165, 1.54) is 0 Å². The molecule has 2 N–H and O–H groups in total. The van der Waals surface area contributed by atoms with Gasteiger partial charge in [0.05, 0.1) is 12.7 Å². The van der Waals surface area contributed by atoms with Gasteiger partial charge in [-0.05, 0) is 12.5 Å². The third-order valence-electron chi connectivity index (χ3n) is 3.43. The zero-order valence-corrected chi connectivity index (χ0v) is 11.1. The SMILES string of the molecule is C[C@H](OCc1ccccc1)[C@H](C)C1NC(=O)NC1=O. The van der Waals surface area contributed by atoms with Crippen LogP contribution >= 0.6 is 0 Å². The summed E-state index contributed by atoms with van der Waals surface area (Å²) in [5.41, 5.74) is 1.08. The van der Waals surface area contributed by atoms with Crippen LogP contribution in [0.4, 0.5) is 4.79 Å². The number of nitrogens with one attached hydrogen (secondary N) is 2. The molecule has 0 bridgehead atoms. The number of carbonyl (C=O) groups is 2. The minimum absolute atomic E-state index is 0.0878. The van der Waals surface area contributed by atoms with E-state index in [0.717, 1.165) is 5.56 Å². The van der Waals surface area contributed by atoms with E-state index in [1.807, 2.05) is 44.2 Å². The Kier molecular flexibility index (Phi) is 4.16. The number of hydrogen-bond acceptors (Lipinski definition) is 3. The molecule has 3 amide bonds. The second-order valence-corrected chi connectivity index (χ2v) is 4.80. The molecule has 1 aliphatic heterocycles. The van der Waals surface area contributed by atoms with E-state index in [4.69, 9.17) is 4.74 Å². The first-order chi connectivity index (χ1) is 9.08. The van der Waals surface area contributed by atoms with Crippen molar-refractivity contribution >= 4 is 11.9 Å². The number of hydrogen-bond donors (Lipinski definition) is 2. The molecule has 1 aliphatic rings. The average Bonchev–Trinajstić information content (AvgIpc) is 2.75. The topological polar surface area (TPSA) is 67.4 Å². The number of imide groups is 1. The monoisotopic (exact) mass is 262 g/mol. The summed E-state index contributed by atoms with van der Waals surface area (Å²) in [6.45, 7) is 4.30. The molecule has 0 spiro atoms. The Morgan fingerprint density at radius 2 is 1.89 bits per heavy atom. The lowest BCUT2D eigenvalue weighted by atomic mass is 9.97. The summed E-state index contributed by atoms with van der Waals surface area (Å²) in [5.74, 6) is -0.372. The van der Waals surface area contributed by atoms with Gasteiger partial charge in [-0.25, -0.2) is 4.79 Å². The van der Waals surface area contributed by atoms with Crippen molar-refractivity contribution < 1.29 is 14.3 Å². The summed E-state index contributed by atoms with van der Waals surface area (Å²) in [7, 11) is 0. The molecule has 0 aromatic heterocycles. The third kappa shape index (κ3) is 3.32. The molecular weight excluding hydrogens is 244 g/mol. The first kappa shape index (κ1) is 13.5. The molecule has 1 aromatic carbocycles. The Bertz CT molecular complexity index is 461. The molecule has 102 valence electrons. The van der Waals surface area contributed by atoms with Crippen LogP contribution in [-0.4, -0.2) is 24.1 Å². The molecule has 0 radical (unpaired) electrons. The molecule has 5 nitrogen and oxygen atoms in total. The predicted molar refractivity (Wildman–Crippen MR) is 70.3 cm³/mol. The molecule has 5 heteroatoms. The molecule has 0 saturated carbocycles. The fourth-order valence-corrected chi connectivity index (χ4v) is 2.03. The van der Waals surface area contributed by atoms with Crippen molar-refractivity contribution in [2.75, 3.05) is 0 Å². The van der Waals surface area contributed by atoms with Crippen LogP contribution < -0.4 is 10.6 Å². The van der Waals surface area contributed by atoms with Crippen LogP contribution in [0.1, 0.15) is 19.4 Å². The van der Waals surface area contributed by atoms with Crippen molar-refractivity contribution in [2.24, 2.45) is 5.92 Å². The summed E-state index contributed by atoms with van der Waals surface area (Å²) in [5, 5.41) is 4.83. The van der Waals surface area contributed by atoms with Gasteiger partial charge in [-0.3, -0.25) is 10.1 Å². The Hall–Kier alpha value is -1.88. The van der Waals surface area contributed by atoms with Crippen LogP contribution in [0.2, 0.25) is 0 Å². The Balaban J connectivity index is 1.87. The number of urea groups is 1. The highest BCUT2D eigenvalue weighted by Gasteiger charge is 2.36. The predicted octanol–water partition coefficient (Wildman–Crippen LogP) is 1.44. The van der Waals surface area contributed by atoms with Gasteiger partial charge >= 0.3 is 6.03 Å². The second-order valence-electron chi connectivity index (χ2n) is 4.80. The van der Waals surface area contributed by atoms with E-state index < -0.39 is 12.1 Å². The van der Waals surface area contributed by atoms with Gasteiger partial charge in [0, 0.05) is 5.92 Å². The lowest BCUT2D eigenvalue weighted by Gasteiger charge is -2.24. The van der Waals surface area contributed by atoms with Gasteiger partial charge in [0.1, 0.15) is 6.04 Å². The average molecular weight is 262 g/mol. The number of amides is 3. The fourth-order valence-electron chi connectivity index (χ4n) is 2.03. The van der Waals surface area contributed by atoms with Crippen LogP contribution in [0.15, 0.2) is 30.3 Å². The van der Waals surface area contributed by atoms with Gasteiger partial charge in [0.25, 0.3) is 5.91 Å². The first-order valence-electron chi connectivity index (χ1n) is 6.35. The minimum atomic E-state index is -0.515. The Labute approximate surface area is 112 Å². The van der Waals surface area contributed by atoms with E-state index in [-0.39, 0.29) is 17.9 Å². The fraction of sp³-hybridized carbons (Fsp3) is 0.429. The highest BCUT2D eigenvalue weighted by Crippen LogP contribution is 2.16. The maximum atomic E-state index is 11.6. The van der Waals surface area contributed by atoms with E-state index in [0.29, 0.717) is 6.61 Å². The van der Waals surface area contributed by atoms with Gasteiger partial charge in [0.2, 0.25) is 0 Å². The smallest absolute Gasteiger partial charge is 0.322 e. The van der Waals surface area contributed by atoms with Crippen molar-refractivity contribution in [3.05, 3.63) is 35.9 Å². The zero-order valence-electron chi connectivity index (χ0n) is 11.1. The van der Waals surface area contributed by atoms with Gasteiger partial charge in [-0.1, -0.05) is 37.3 Å². The molecule has 0 aliphatic carbocycles. The van der Waals surface area contributed by atoms with Crippen LogP contribution in [0.3, 0.4) is 0 Å². The number of rotatable bonds is 5. The second kappa shape index (κ2) is 5.84. The number of ether oxygens (including phenoxy) is 1. The number of carbonyl (C=O) groups excluding carboxylic acids is 2. The summed E-state index contributed by atoms with van der Waals surface area (Å²) < 4.78 is 5.75. The summed E-state index contributed by atoms with van der Waals surface area (Å²) >= 11 is 0. The minimum Gasteiger partial charge on any atom is -0.373 e. The van der Waals surface area contributed by atoms with Crippen molar-refractivity contribution in [2.45, 2.75) is 32.6 Å². The van der Waals surface area contributed by atoms with Crippen LogP contribution in [-0.2, 0) is 16.1 Å². The van der Waals surface area contributed by atoms with Crippen molar-refractivity contribution in [1.29, 1.82) is 0 Å². The first-order valence-corrected chi connectivity index (χ1v) is 6.35. The van der Waals surface area contributed by atoms with Crippen LogP contribution in [0.5, 0.6) is 0 Å². The molecular formula is C14H18N2O3. The van der Waals surface area contributed by atoms with Crippen LogP contribution in [0.25, 0.3) is 0 Å². The van der Waals surface area contributed by atoms with E-state index >= 15 is 0 Å². The standard InChI is InChI=1S/C14H18N2O3/c1-9(12-13(17)16-14(18)15-12)10(2)19-8-11-6-4-3-5-7-11/h3-7,9-10,12H,8H2,1-2H3,(H2,15,16,17,18)/t9-,10-,12?/m0/s1. The molecule has 1 heterocycles. The maximum Gasteiger partial charge on any atom is 0.322 e. The summed E-state index contributed by atoms with van der Waals surface area (Å²) in [6, 6.07) is 8.89. The van der Waals surface area contributed by atoms with E-state index in [1.54, 1.807) is 0 Å². The Morgan fingerprint density at radius 3 is 2.47 bits per heavy atom. The number of benzene rings is 1.